The minimum atomic E-state index is -0.690. The number of halogens is 1. The van der Waals surface area contributed by atoms with Gasteiger partial charge in [0.25, 0.3) is 0 Å². The first kappa shape index (κ1) is 20.3. The van der Waals surface area contributed by atoms with Crippen LogP contribution in [-0.4, -0.2) is 30.1 Å². The fraction of sp³-hybridized carbons (Fsp3) is 0.227. The van der Waals surface area contributed by atoms with E-state index in [4.69, 9.17) is 15.2 Å². The van der Waals surface area contributed by atoms with Crippen LogP contribution in [-0.2, 0) is 11.2 Å². The zero-order chi connectivity index (χ0) is 21.0. The van der Waals surface area contributed by atoms with E-state index in [1.54, 1.807) is 38.2 Å². The number of ether oxygens (including phenoxy) is 2. The molecule has 0 saturated carbocycles. The normalized spacial score (nSPS) is 10.7. The Labute approximate surface area is 167 Å². The minimum absolute atomic E-state index is 0.105. The third kappa shape index (κ3) is 4.34. The van der Waals surface area contributed by atoms with Crippen molar-refractivity contribution in [1.29, 1.82) is 0 Å². The highest BCUT2D eigenvalue weighted by Gasteiger charge is 2.23. The van der Waals surface area contributed by atoms with Gasteiger partial charge in [-0.1, -0.05) is 12.1 Å². The number of amides is 1. The Balaban J connectivity index is 2.16. The van der Waals surface area contributed by atoms with Gasteiger partial charge in [-0.2, -0.15) is 0 Å². The molecule has 1 heterocycles. The van der Waals surface area contributed by atoms with Crippen molar-refractivity contribution in [2.24, 2.45) is 5.73 Å². The molecule has 0 fully saturated rings. The first-order valence-corrected chi connectivity index (χ1v) is 9.24. The van der Waals surface area contributed by atoms with E-state index >= 15 is 0 Å². The van der Waals surface area contributed by atoms with Gasteiger partial charge in [-0.15, -0.1) is 0 Å². The number of carbonyl (C=O) groups is 2. The van der Waals surface area contributed by atoms with Crippen molar-refractivity contribution in [3.05, 3.63) is 70.7 Å². The summed E-state index contributed by atoms with van der Waals surface area (Å²) in [6.45, 7) is 3.95. The molecule has 1 amide bonds. The quantitative estimate of drug-likeness (QED) is 0.616. The molecule has 3 aromatic rings. The number of benzene rings is 2. The lowest BCUT2D eigenvalue weighted by Crippen LogP contribution is -2.16. The smallest absolute Gasteiger partial charge is 0.342 e. The zero-order valence-electron chi connectivity index (χ0n) is 16.2. The van der Waals surface area contributed by atoms with Gasteiger partial charge in [0.15, 0.2) is 5.75 Å². The van der Waals surface area contributed by atoms with Crippen LogP contribution in [0.25, 0.3) is 10.9 Å². The summed E-state index contributed by atoms with van der Waals surface area (Å²) in [4.78, 5) is 28.9. The molecule has 0 spiro atoms. The van der Waals surface area contributed by atoms with E-state index in [1.165, 1.54) is 18.2 Å². The Bertz CT molecular complexity index is 1060. The van der Waals surface area contributed by atoms with Gasteiger partial charge in [-0.05, 0) is 55.7 Å². The molecule has 150 valence electrons. The number of fused-ring (bicyclic) bond motifs is 1. The van der Waals surface area contributed by atoms with Crippen molar-refractivity contribution in [3.8, 4) is 5.75 Å². The van der Waals surface area contributed by atoms with Gasteiger partial charge in [0.05, 0.1) is 13.2 Å². The average Bonchev–Trinajstić information content (AvgIpc) is 2.70. The first-order valence-electron chi connectivity index (χ1n) is 9.24. The maximum absolute atomic E-state index is 13.1. The monoisotopic (exact) mass is 396 g/mol. The van der Waals surface area contributed by atoms with Crippen molar-refractivity contribution >= 4 is 22.8 Å². The Morgan fingerprint density at radius 3 is 2.38 bits per heavy atom. The van der Waals surface area contributed by atoms with Crippen molar-refractivity contribution in [1.82, 2.24) is 4.98 Å². The van der Waals surface area contributed by atoms with Crippen LogP contribution in [0.2, 0.25) is 0 Å². The van der Waals surface area contributed by atoms with Crippen LogP contribution in [0, 0.1) is 5.82 Å². The molecule has 1 aromatic heterocycles. The van der Waals surface area contributed by atoms with E-state index in [9.17, 15) is 14.0 Å². The lowest BCUT2D eigenvalue weighted by atomic mass is 9.99. The van der Waals surface area contributed by atoms with E-state index < -0.39 is 11.9 Å². The number of esters is 1. The van der Waals surface area contributed by atoms with Gasteiger partial charge >= 0.3 is 5.97 Å². The highest BCUT2D eigenvalue weighted by atomic mass is 19.1. The number of aromatic nitrogens is 1. The third-order valence-corrected chi connectivity index (χ3v) is 4.35. The standard InChI is InChI=1S/C22H21FN2O4/c1-3-28-20-18(22(27)29-4-2)11-17(21(24)26)16-10-14(12-25-19(16)20)9-13-5-7-15(23)8-6-13/h5-8,10-12H,3-4,9H2,1-2H3,(H2,24,26). The van der Waals surface area contributed by atoms with Crippen LogP contribution in [0.1, 0.15) is 45.7 Å². The summed E-state index contributed by atoms with van der Waals surface area (Å²) in [6.07, 6.45) is 2.12. The summed E-state index contributed by atoms with van der Waals surface area (Å²) in [5, 5.41) is 0.480. The molecule has 0 atom stereocenters. The zero-order valence-corrected chi connectivity index (χ0v) is 16.2. The third-order valence-electron chi connectivity index (χ3n) is 4.35. The van der Waals surface area contributed by atoms with Crippen LogP contribution in [0.4, 0.5) is 4.39 Å². The van der Waals surface area contributed by atoms with Crippen LogP contribution >= 0.6 is 0 Å². The molecule has 2 aromatic carbocycles. The Morgan fingerprint density at radius 1 is 1.03 bits per heavy atom. The molecule has 0 bridgehead atoms. The molecular formula is C22H21FN2O4. The predicted octanol–water partition coefficient (Wildman–Crippen LogP) is 3.64. The minimum Gasteiger partial charge on any atom is -0.491 e. The molecule has 29 heavy (non-hydrogen) atoms. The Morgan fingerprint density at radius 2 is 1.76 bits per heavy atom. The number of nitrogens with zero attached hydrogens (tertiary/aromatic N) is 1. The molecule has 0 aliphatic carbocycles. The second kappa shape index (κ2) is 8.68. The summed E-state index contributed by atoms with van der Waals surface area (Å²) in [5.41, 5.74) is 7.87. The molecule has 0 saturated heterocycles. The van der Waals surface area contributed by atoms with Crippen LogP contribution in [0.3, 0.4) is 0 Å². The number of nitrogens with two attached hydrogens (primary N) is 1. The lowest BCUT2D eigenvalue weighted by Gasteiger charge is -2.15. The van der Waals surface area contributed by atoms with Gasteiger partial charge in [-0.25, -0.2) is 9.18 Å². The molecule has 0 unspecified atom stereocenters. The van der Waals surface area contributed by atoms with E-state index in [2.05, 4.69) is 4.98 Å². The molecule has 6 nitrogen and oxygen atoms in total. The van der Waals surface area contributed by atoms with Crippen LogP contribution in [0.5, 0.6) is 5.75 Å². The van der Waals surface area contributed by atoms with Gasteiger partial charge in [0.1, 0.15) is 16.9 Å². The fourth-order valence-electron chi connectivity index (χ4n) is 3.10. The molecule has 2 N–H and O–H groups in total. The van der Waals surface area contributed by atoms with Gasteiger partial charge in [0.2, 0.25) is 5.91 Å². The number of rotatable bonds is 7. The summed E-state index contributed by atoms with van der Waals surface area (Å²) in [5.74, 6) is -1.37. The summed E-state index contributed by atoms with van der Waals surface area (Å²) in [7, 11) is 0. The highest BCUT2D eigenvalue weighted by Crippen LogP contribution is 2.33. The number of pyridine rings is 1. The SMILES string of the molecule is CCOC(=O)c1cc(C(N)=O)c2cc(Cc3ccc(F)cc3)cnc2c1OCC. The maximum atomic E-state index is 13.1. The molecule has 0 aliphatic rings. The number of carbonyl (C=O) groups excluding carboxylic acids is 2. The summed E-state index contributed by atoms with van der Waals surface area (Å²) in [6, 6.07) is 9.31. The second-order valence-corrected chi connectivity index (χ2v) is 6.36. The van der Waals surface area contributed by atoms with Gasteiger partial charge in [0, 0.05) is 17.1 Å². The molecule has 0 radical (unpaired) electrons. The summed E-state index contributed by atoms with van der Waals surface area (Å²) >= 11 is 0. The summed E-state index contributed by atoms with van der Waals surface area (Å²) < 4.78 is 23.9. The topological polar surface area (TPSA) is 91.5 Å². The number of primary amides is 1. The first-order chi connectivity index (χ1) is 13.9. The largest absolute Gasteiger partial charge is 0.491 e. The Kier molecular flexibility index (Phi) is 6.07. The molecule has 3 rings (SSSR count). The second-order valence-electron chi connectivity index (χ2n) is 6.36. The molecular weight excluding hydrogens is 375 g/mol. The predicted molar refractivity (Wildman–Crippen MR) is 107 cm³/mol. The van der Waals surface area contributed by atoms with Crippen molar-refractivity contribution in [3.63, 3.8) is 0 Å². The molecule has 7 heteroatoms. The molecule has 0 aliphatic heterocycles. The van der Waals surface area contributed by atoms with E-state index in [0.717, 1.165) is 11.1 Å². The van der Waals surface area contributed by atoms with Crippen LogP contribution in [0.15, 0.2) is 42.6 Å². The lowest BCUT2D eigenvalue weighted by molar-refractivity contribution is 0.0522. The fourth-order valence-corrected chi connectivity index (χ4v) is 3.10. The van der Waals surface area contributed by atoms with Gasteiger partial charge in [-0.3, -0.25) is 9.78 Å². The van der Waals surface area contributed by atoms with Gasteiger partial charge < -0.3 is 15.2 Å². The highest BCUT2D eigenvalue weighted by molar-refractivity contribution is 6.11. The van der Waals surface area contributed by atoms with Crippen molar-refractivity contribution in [2.45, 2.75) is 20.3 Å². The maximum Gasteiger partial charge on any atom is 0.342 e. The van der Waals surface area contributed by atoms with Crippen molar-refractivity contribution in [2.75, 3.05) is 13.2 Å². The van der Waals surface area contributed by atoms with E-state index in [-0.39, 0.29) is 29.3 Å². The van der Waals surface area contributed by atoms with E-state index in [0.29, 0.717) is 23.9 Å². The van der Waals surface area contributed by atoms with Crippen molar-refractivity contribution < 1.29 is 23.5 Å². The van der Waals surface area contributed by atoms with E-state index in [1.807, 2.05) is 0 Å². The Hall–Kier alpha value is -3.48. The average molecular weight is 396 g/mol. The van der Waals surface area contributed by atoms with Crippen LogP contribution < -0.4 is 10.5 Å². The number of hydrogen-bond donors (Lipinski definition) is 1. The number of hydrogen-bond acceptors (Lipinski definition) is 5.